The summed E-state index contributed by atoms with van der Waals surface area (Å²) in [6, 6.07) is 7.12. The van der Waals surface area contributed by atoms with Crippen LogP contribution in [0.5, 0.6) is 5.75 Å². The second-order valence-corrected chi connectivity index (χ2v) is 5.75. The number of fused-ring (bicyclic) bond motifs is 1. The van der Waals surface area contributed by atoms with Crippen molar-refractivity contribution < 1.29 is 24.1 Å². The molecular formula is C16H20O5. The van der Waals surface area contributed by atoms with E-state index in [-0.39, 0.29) is 6.10 Å². The zero-order chi connectivity index (χ0) is 14.8. The fraction of sp³-hybridized carbons (Fsp3) is 0.562. The van der Waals surface area contributed by atoms with Gasteiger partial charge in [0.05, 0.1) is 13.2 Å². The van der Waals surface area contributed by atoms with Crippen LogP contribution in [0.2, 0.25) is 0 Å². The van der Waals surface area contributed by atoms with Gasteiger partial charge in [0.25, 0.3) is 0 Å². The number of aliphatic carboxylic acids is 1. The molecule has 1 saturated carbocycles. The predicted molar refractivity (Wildman–Crippen MR) is 75.3 cm³/mol. The first-order valence-corrected chi connectivity index (χ1v) is 7.28. The largest absolute Gasteiger partial charge is 0.496 e. The molecule has 0 spiro atoms. The number of hydrogen-bond donors (Lipinski definition) is 1. The molecular weight excluding hydrogens is 272 g/mol. The predicted octanol–water partition coefficient (Wildman–Crippen LogP) is 2.26. The summed E-state index contributed by atoms with van der Waals surface area (Å²) in [6.45, 7) is 1.55. The Bertz CT molecular complexity index is 503. The van der Waals surface area contributed by atoms with Crippen molar-refractivity contribution in [2.45, 2.75) is 25.0 Å². The molecule has 1 aromatic carbocycles. The van der Waals surface area contributed by atoms with Crippen LogP contribution in [0.4, 0.5) is 0 Å². The van der Waals surface area contributed by atoms with E-state index in [1.807, 2.05) is 6.07 Å². The maximum absolute atomic E-state index is 11.6. The third-order valence-corrected chi connectivity index (χ3v) is 4.44. The highest BCUT2D eigenvalue weighted by atomic mass is 16.5. The van der Waals surface area contributed by atoms with E-state index in [4.69, 9.17) is 14.2 Å². The molecule has 0 bridgehead atoms. The van der Waals surface area contributed by atoms with Crippen LogP contribution in [-0.2, 0) is 14.3 Å². The lowest BCUT2D eigenvalue weighted by molar-refractivity contribution is -0.155. The topological polar surface area (TPSA) is 65.0 Å². The van der Waals surface area contributed by atoms with Gasteiger partial charge in [-0.3, -0.25) is 0 Å². The Morgan fingerprint density at radius 2 is 1.95 bits per heavy atom. The molecule has 1 unspecified atom stereocenters. The van der Waals surface area contributed by atoms with Gasteiger partial charge in [0.2, 0.25) is 0 Å². The average molecular weight is 292 g/mol. The molecule has 21 heavy (non-hydrogen) atoms. The minimum absolute atomic E-state index is 0.0186. The minimum atomic E-state index is -0.981. The molecule has 1 N–H and O–H groups in total. The van der Waals surface area contributed by atoms with Crippen molar-refractivity contribution in [3.8, 4) is 5.75 Å². The highest BCUT2D eigenvalue weighted by Gasteiger charge is 2.40. The molecule has 1 aliphatic heterocycles. The second kappa shape index (κ2) is 6.03. The van der Waals surface area contributed by atoms with E-state index in [1.165, 1.54) is 7.11 Å². The molecule has 5 heteroatoms. The van der Waals surface area contributed by atoms with Gasteiger partial charge in [0.15, 0.2) is 6.10 Å². The lowest BCUT2D eigenvalue weighted by Gasteiger charge is -2.21. The van der Waals surface area contributed by atoms with Gasteiger partial charge in [-0.25, -0.2) is 4.79 Å². The van der Waals surface area contributed by atoms with Crippen molar-refractivity contribution >= 4 is 5.97 Å². The van der Waals surface area contributed by atoms with Crippen LogP contribution in [0.3, 0.4) is 0 Å². The summed E-state index contributed by atoms with van der Waals surface area (Å²) in [4.78, 5) is 11.6. The second-order valence-electron chi connectivity index (χ2n) is 5.75. The Kier molecular flexibility index (Phi) is 4.12. The number of carboxylic acids is 1. The van der Waals surface area contributed by atoms with E-state index in [1.54, 1.807) is 18.2 Å². The smallest absolute Gasteiger partial charge is 0.337 e. The first-order chi connectivity index (χ1) is 10.2. The molecule has 2 fully saturated rings. The van der Waals surface area contributed by atoms with Crippen molar-refractivity contribution in [2.75, 3.05) is 20.3 Å². The molecule has 3 rings (SSSR count). The number of ether oxygens (including phenoxy) is 3. The van der Waals surface area contributed by atoms with Crippen LogP contribution in [-0.4, -0.2) is 37.5 Å². The van der Waals surface area contributed by atoms with Gasteiger partial charge < -0.3 is 19.3 Å². The summed E-state index contributed by atoms with van der Waals surface area (Å²) in [6.07, 6.45) is 0.758. The van der Waals surface area contributed by atoms with E-state index in [0.717, 1.165) is 26.1 Å². The number of methoxy groups -OCH3 is 1. The van der Waals surface area contributed by atoms with E-state index >= 15 is 0 Å². The zero-order valence-electron chi connectivity index (χ0n) is 12.0. The molecule has 0 amide bonds. The van der Waals surface area contributed by atoms with Crippen LogP contribution >= 0.6 is 0 Å². The van der Waals surface area contributed by atoms with Crippen LogP contribution in [0.25, 0.3) is 0 Å². The molecule has 1 heterocycles. The van der Waals surface area contributed by atoms with Crippen molar-refractivity contribution in [3.63, 3.8) is 0 Å². The van der Waals surface area contributed by atoms with Gasteiger partial charge in [-0.2, -0.15) is 0 Å². The zero-order valence-corrected chi connectivity index (χ0v) is 12.0. The first-order valence-electron chi connectivity index (χ1n) is 7.28. The van der Waals surface area contributed by atoms with Crippen molar-refractivity contribution in [2.24, 2.45) is 11.8 Å². The molecule has 0 radical (unpaired) electrons. The minimum Gasteiger partial charge on any atom is -0.496 e. The summed E-state index contributed by atoms with van der Waals surface area (Å²) >= 11 is 0. The van der Waals surface area contributed by atoms with Gasteiger partial charge in [-0.05, 0) is 30.7 Å². The maximum atomic E-state index is 11.6. The normalized spacial score (nSPS) is 29.1. The highest BCUT2D eigenvalue weighted by Crippen LogP contribution is 2.40. The molecule has 5 nitrogen and oxygen atoms in total. The van der Waals surface area contributed by atoms with E-state index in [2.05, 4.69) is 0 Å². The molecule has 114 valence electrons. The number of rotatable bonds is 5. The Morgan fingerprint density at radius 1 is 1.29 bits per heavy atom. The summed E-state index contributed by atoms with van der Waals surface area (Å²) in [5, 5.41) is 9.50. The summed E-state index contributed by atoms with van der Waals surface area (Å²) < 4.78 is 16.6. The highest BCUT2D eigenvalue weighted by molar-refractivity contribution is 5.75. The molecule has 1 aromatic rings. The van der Waals surface area contributed by atoms with Crippen LogP contribution in [0.1, 0.15) is 24.5 Å². The monoisotopic (exact) mass is 292 g/mol. The van der Waals surface area contributed by atoms with Gasteiger partial charge in [0, 0.05) is 18.8 Å². The standard InChI is InChI=1S/C16H20O5/c1-19-14-5-3-2-4-13(14)15(16(17)18)21-12-6-10-8-20-9-11(10)7-12/h2-5,10-12,15H,6-9H2,1H3,(H,17,18)/t10-,11+,12+,15?. The Hall–Kier alpha value is -1.59. The lowest BCUT2D eigenvalue weighted by atomic mass is 10.0. The van der Waals surface area contributed by atoms with Gasteiger partial charge in [-0.15, -0.1) is 0 Å². The SMILES string of the molecule is COc1ccccc1C(O[C@@H]1C[C@H]2COC[C@H]2C1)C(=O)O. The number of para-hydroxylation sites is 1. The third-order valence-electron chi connectivity index (χ3n) is 4.44. The molecule has 4 atom stereocenters. The first kappa shape index (κ1) is 14.4. The van der Waals surface area contributed by atoms with E-state index in [0.29, 0.717) is 23.1 Å². The average Bonchev–Trinajstić information content (AvgIpc) is 3.05. The molecule has 1 saturated heterocycles. The maximum Gasteiger partial charge on any atom is 0.337 e. The van der Waals surface area contributed by atoms with Crippen LogP contribution in [0.15, 0.2) is 24.3 Å². The van der Waals surface area contributed by atoms with Gasteiger partial charge in [0.1, 0.15) is 5.75 Å². The van der Waals surface area contributed by atoms with Crippen molar-refractivity contribution in [3.05, 3.63) is 29.8 Å². The Morgan fingerprint density at radius 3 is 2.57 bits per heavy atom. The van der Waals surface area contributed by atoms with Crippen molar-refractivity contribution in [1.82, 2.24) is 0 Å². The molecule has 0 aromatic heterocycles. The molecule has 1 aliphatic carbocycles. The van der Waals surface area contributed by atoms with E-state index in [9.17, 15) is 9.90 Å². The summed E-state index contributed by atoms with van der Waals surface area (Å²) in [7, 11) is 1.54. The number of carboxylic acid groups (broad SMARTS) is 1. The number of hydrogen-bond acceptors (Lipinski definition) is 4. The third kappa shape index (κ3) is 2.89. The number of carbonyl (C=O) groups is 1. The quantitative estimate of drug-likeness (QED) is 0.902. The lowest BCUT2D eigenvalue weighted by Crippen LogP contribution is -2.22. The summed E-state index contributed by atoms with van der Waals surface area (Å²) in [5.74, 6) is 0.600. The van der Waals surface area contributed by atoms with E-state index < -0.39 is 12.1 Å². The Labute approximate surface area is 123 Å². The van der Waals surface area contributed by atoms with Crippen LogP contribution in [0, 0.1) is 11.8 Å². The fourth-order valence-corrected chi connectivity index (χ4v) is 3.39. The fourth-order valence-electron chi connectivity index (χ4n) is 3.39. The molecule has 2 aliphatic rings. The number of benzene rings is 1. The van der Waals surface area contributed by atoms with Gasteiger partial charge in [-0.1, -0.05) is 18.2 Å². The Balaban J connectivity index is 1.75. The van der Waals surface area contributed by atoms with Crippen LogP contribution < -0.4 is 4.74 Å². The summed E-state index contributed by atoms with van der Waals surface area (Å²) in [5.41, 5.74) is 0.570. The van der Waals surface area contributed by atoms with Crippen molar-refractivity contribution in [1.29, 1.82) is 0 Å². The van der Waals surface area contributed by atoms with Gasteiger partial charge >= 0.3 is 5.97 Å².